The summed E-state index contributed by atoms with van der Waals surface area (Å²) >= 11 is 23.8. The quantitative estimate of drug-likeness (QED) is 0.637. The molecule has 0 aliphatic rings. The summed E-state index contributed by atoms with van der Waals surface area (Å²) in [5.74, 6) is 1.08. The number of pyridine rings is 1. The van der Waals surface area contributed by atoms with E-state index in [4.69, 9.17) is 46.4 Å². The molecule has 22 heavy (non-hydrogen) atoms. The van der Waals surface area contributed by atoms with Crippen molar-refractivity contribution in [2.24, 2.45) is 0 Å². The third-order valence-corrected chi connectivity index (χ3v) is 3.99. The van der Waals surface area contributed by atoms with Crippen molar-refractivity contribution in [3.05, 3.63) is 57.0 Å². The summed E-state index contributed by atoms with van der Waals surface area (Å²) in [6.45, 7) is 0.299. The number of nitrogens with zero attached hydrogens (tertiary/aromatic N) is 5. The Labute approximate surface area is 145 Å². The molecular weight excluding hydrogens is 368 g/mol. The van der Waals surface area contributed by atoms with Gasteiger partial charge in [0.25, 0.3) is 0 Å². The highest BCUT2D eigenvalue weighted by Gasteiger charge is 2.17. The van der Waals surface area contributed by atoms with Crippen molar-refractivity contribution in [1.82, 2.24) is 24.5 Å². The van der Waals surface area contributed by atoms with E-state index in [0.717, 1.165) is 5.56 Å². The maximum absolute atomic E-state index is 6.22. The minimum Gasteiger partial charge on any atom is -0.306 e. The van der Waals surface area contributed by atoms with E-state index in [1.165, 1.54) is 12.4 Å². The number of rotatable bonds is 3. The molecule has 0 saturated heterocycles. The van der Waals surface area contributed by atoms with E-state index < -0.39 is 0 Å². The molecule has 3 heterocycles. The first-order valence-corrected chi connectivity index (χ1v) is 7.55. The molecule has 3 rings (SSSR count). The largest absolute Gasteiger partial charge is 0.306 e. The highest BCUT2D eigenvalue weighted by molar-refractivity contribution is 6.40. The second-order valence-electron chi connectivity index (χ2n) is 4.29. The Morgan fingerprint density at radius 2 is 1.64 bits per heavy atom. The first-order chi connectivity index (χ1) is 10.5. The number of aromatic nitrogens is 5. The van der Waals surface area contributed by atoms with Crippen LogP contribution in [0.5, 0.6) is 0 Å². The van der Waals surface area contributed by atoms with Crippen LogP contribution < -0.4 is 0 Å². The Morgan fingerprint density at radius 1 is 0.909 bits per heavy atom. The summed E-state index contributed by atoms with van der Waals surface area (Å²) in [5, 5.41) is 1.34. The Morgan fingerprint density at radius 3 is 2.27 bits per heavy atom. The molecule has 0 atom stereocenters. The summed E-state index contributed by atoms with van der Waals surface area (Å²) in [5.41, 5.74) is 0.729. The van der Waals surface area contributed by atoms with Crippen LogP contribution in [0.4, 0.5) is 0 Å². The third kappa shape index (κ3) is 3.17. The zero-order valence-corrected chi connectivity index (χ0v) is 13.9. The average Bonchev–Trinajstić information content (AvgIpc) is 2.79. The molecule has 0 radical (unpaired) electrons. The molecule has 5 nitrogen and oxygen atoms in total. The summed E-state index contributed by atoms with van der Waals surface area (Å²) in [4.78, 5) is 16.6. The first kappa shape index (κ1) is 15.5. The van der Waals surface area contributed by atoms with E-state index in [1.807, 2.05) is 0 Å². The van der Waals surface area contributed by atoms with Gasteiger partial charge < -0.3 is 4.57 Å². The van der Waals surface area contributed by atoms with E-state index in [-0.39, 0.29) is 5.15 Å². The predicted octanol–water partition coefficient (Wildman–Crippen LogP) is 4.40. The van der Waals surface area contributed by atoms with Gasteiger partial charge in [-0.05, 0) is 12.1 Å². The summed E-state index contributed by atoms with van der Waals surface area (Å²) in [6, 6.07) is 3.44. The summed E-state index contributed by atoms with van der Waals surface area (Å²) in [7, 11) is 0. The van der Waals surface area contributed by atoms with Crippen molar-refractivity contribution < 1.29 is 0 Å². The molecule has 0 spiro atoms. The van der Waals surface area contributed by atoms with E-state index in [0.29, 0.717) is 33.5 Å². The normalized spacial score (nSPS) is 10.9. The van der Waals surface area contributed by atoms with Gasteiger partial charge in [0.05, 0.1) is 11.6 Å². The van der Waals surface area contributed by atoms with Crippen molar-refractivity contribution in [2.75, 3.05) is 0 Å². The number of halogens is 4. The Hall–Kier alpha value is -1.40. The van der Waals surface area contributed by atoms with Crippen LogP contribution in [0.3, 0.4) is 0 Å². The molecule has 0 bridgehead atoms. The summed E-state index contributed by atoms with van der Waals surface area (Å²) < 4.78 is 1.69. The van der Waals surface area contributed by atoms with Crippen molar-refractivity contribution in [2.45, 2.75) is 6.54 Å². The Bertz CT molecular complexity index is 799. The van der Waals surface area contributed by atoms with Crippen LogP contribution in [-0.4, -0.2) is 24.5 Å². The lowest BCUT2D eigenvalue weighted by Crippen LogP contribution is -2.06. The van der Waals surface area contributed by atoms with Crippen LogP contribution in [0, 0.1) is 0 Å². The number of hydrogen-bond donors (Lipinski definition) is 0. The van der Waals surface area contributed by atoms with Gasteiger partial charge >= 0.3 is 0 Å². The maximum Gasteiger partial charge on any atom is 0.166 e. The molecule has 9 heteroatoms. The molecule has 0 fully saturated rings. The minimum absolute atomic E-state index is 0.195. The Kier molecular flexibility index (Phi) is 4.49. The molecule has 0 aliphatic heterocycles. The molecule has 0 aromatic carbocycles. The highest BCUT2D eigenvalue weighted by Crippen LogP contribution is 2.29. The lowest BCUT2D eigenvalue weighted by molar-refractivity contribution is 0.751. The molecule has 0 amide bonds. The smallest absolute Gasteiger partial charge is 0.166 e. The SMILES string of the molecule is Clc1cnc(Cn2c(-c3ccc(Cl)nc3)nc(Cl)c2Cl)nc1. The van der Waals surface area contributed by atoms with E-state index in [9.17, 15) is 0 Å². The second kappa shape index (κ2) is 6.38. The lowest BCUT2D eigenvalue weighted by Gasteiger charge is -2.08. The third-order valence-electron chi connectivity index (χ3n) is 2.83. The lowest BCUT2D eigenvalue weighted by atomic mass is 10.2. The van der Waals surface area contributed by atoms with Gasteiger partial charge in [-0.1, -0.05) is 46.4 Å². The molecule has 112 valence electrons. The van der Waals surface area contributed by atoms with Gasteiger partial charge in [0.15, 0.2) is 5.15 Å². The van der Waals surface area contributed by atoms with E-state index in [1.54, 1.807) is 22.9 Å². The highest BCUT2D eigenvalue weighted by atomic mass is 35.5. The second-order valence-corrected chi connectivity index (χ2v) is 5.83. The number of imidazole rings is 1. The van der Waals surface area contributed by atoms with E-state index >= 15 is 0 Å². The van der Waals surface area contributed by atoms with Crippen LogP contribution in [-0.2, 0) is 6.54 Å². The van der Waals surface area contributed by atoms with Crippen molar-refractivity contribution in [3.63, 3.8) is 0 Å². The molecule has 3 aromatic rings. The molecule has 0 N–H and O–H groups in total. The van der Waals surface area contributed by atoms with E-state index in [2.05, 4.69) is 19.9 Å². The Balaban J connectivity index is 2.03. The molecule has 0 aliphatic carbocycles. The van der Waals surface area contributed by atoms with Crippen molar-refractivity contribution in [1.29, 1.82) is 0 Å². The van der Waals surface area contributed by atoms with Crippen LogP contribution in [0.25, 0.3) is 11.4 Å². The van der Waals surface area contributed by atoms with Crippen molar-refractivity contribution in [3.8, 4) is 11.4 Å². The zero-order chi connectivity index (χ0) is 15.7. The topological polar surface area (TPSA) is 56.5 Å². The maximum atomic E-state index is 6.22. The van der Waals surface area contributed by atoms with Gasteiger partial charge in [0.1, 0.15) is 22.0 Å². The predicted molar refractivity (Wildman–Crippen MR) is 86.6 cm³/mol. The van der Waals surface area contributed by atoms with Crippen LogP contribution in [0.1, 0.15) is 5.82 Å². The van der Waals surface area contributed by atoms with Gasteiger partial charge in [-0.3, -0.25) is 0 Å². The van der Waals surface area contributed by atoms with Gasteiger partial charge in [-0.15, -0.1) is 0 Å². The zero-order valence-electron chi connectivity index (χ0n) is 10.8. The standard InChI is InChI=1S/C13H7Cl4N5/c14-8-4-19-10(20-5-8)6-22-12(17)11(16)21-13(22)7-1-2-9(15)18-3-7/h1-5H,6H2. The first-order valence-electron chi connectivity index (χ1n) is 6.04. The minimum atomic E-state index is 0.195. The fraction of sp³-hybridized carbons (Fsp3) is 0.0769. The fourth-order valence-electron chi connectivity index (χ4n) is 1.84. The average molecular weight is 375 g/mol. The monoisotopic (exact) mass is 373 g/mol. The van der Waals surface area contributed by atoms with Gasteiger partial charge in [0, 0.05) is 24.2 Å². The fourth-order valence-corrected chi connectivity index (χ4v) is 2.41. The van der Waals surface area contributed by atoms with Crippen molar-refractivity contribution >= 4 is 46.4 Å². The van der Waals surface area contributed by atoms with Crippen LogP contribution in [0.15, 0.2) is 30.7 Å². The summed E-state index contributed by atoms with van der Waals surface area (Å²) in [6.07, 6.45) is 4.62. The van der Waals surface area contributed by atoms with Crippen LogP contribution >= 0.6 is 46.4 Å². The molecular formula is C13H7Cl4N5. The van der Waals surface area contributed by atoms with Gasteiger partial charge in [0.2, 0.25) is 0 Å². The van der Waals surface area contributed by atoms with Gasteiger partial charge in [-0.25, -0.2) is 19.9 Å². The van der Waals surface area contributed by atoms with Crippen LogP contribution in [0.2, 0.25) is 20.5 Å². The number of hydrogen-bond acceptors (Lipinski definition) is 4. The molecule has 0 saturated carbocycles. The molecule has 3 aromatic heterocycles. The molecule has 0 unspecified atom stereocenters. The van der Waals surface area contributed by atoms with Gasteiger partial charge in [-0.2, -0.15) is 0 Å².